The summed E-state index contributed by atoms with van der Waals surface area (Å²) in [6.07, 6.45) is 2.75. The molecule has 0 bridgehead atoms. The molecular weight excluding hydrogens is 469 g/mol. The van der Waals surface area contributed by atoms with Gasteiger partial charge in [-0.25, -0.2) is 9.98 Å². The Labute approximate surface area is 181 Å². The van der Waals surface area contributed by atoms with Crippen LogP contribution in [0, 0.1) is 13.8 Å². The maximum atomic E-state index is 4.66. The summed E-state index contributed by atoms with van der Waals surface area (Å²) in [6.45, 7) is 8.45. The van der Waals surface area contributed by atoms with Gasteiger partial charge in [0.1, 0.15) is 5.01 Å². The first-order valence-corrected chi connectivity index (χ1v) is 9.76. The molecule has 7 heteroatoms. The summed E-state index contributed by atoms with van der Waals surface area (Å²) in [5.41, 5.74) is 3.42. The molecule has 27 heavy (non-hydrogen) atoms. The largest absolute Gasteiger partial charge is 0.357 e. The lowest BCUT2D eigenvalue weighted by Gasteiger charge is -2.11. The molecule has 2 aromatic heterocycles. The highest BCUT2D eigenvalue weighted by atomic mass is 127. The van der Waals surface area contributed by atoms with Crippen LogP contribution in [0.15, 0.2) is 41.5 Å². The summed E-state index contributed by atoms with van der Waals surface area (Å²) in [6, 6.07) is 10.4. The summed E-state index contributed by atoms with van der Waals surface area (Å²) in [7, 11) is 0. The van der Waals surface area contributed by atoms with E-state index >= 15 is 0 Å². The van der Waals surface area contributed by atoms with Gasteiger partial charge >= 0.3 is 0 Å². The molecule has 0 atom stereocenters. The van der Waals surface area contributed by atoms with Gasteiger partial charge in [0.2, 0.25) is 0 Å². The van der Waals surface area contributed by atoms with E-state index in [-0.39, 0.29) is 24.0 Å². The fourth-order valence-corrected chi connectivity index (χ4v) is 3.64. The van der Waals surface area contributed by atoms with Gasteiger partial charge in [-0.05, 0) is 38.8 Å². The summed E-state index contributed by atoms with van der Waals surface area (Å²) in [4.78, 5) is 15.0. The number of thiazole rings is 1. The zero-order valence-electron chi connectivity index (χ0n) is 16.0. The molecule has 0 spiro atoms. The van der Waals surface area contributed by atoms with Crippen LogP contribution in [0.3, 0.4) is 0 Å². The van der Waals surface area contributed by atoms with E-state index in [1.165, 1.54) is 15.8 Å². The van der Waals surface area contributed by atoms with Gasteiger partial charge in [0.15, 0.2) is 5.96 Å². The maximum absolute atomic E-state index is 4.66. The topological polar surface area (TPSA) is 62.2 Å². The molecule has 0 saturated carbocycles. The van der Waals surface area contributed by atoms with Crippen molar-refractivity contribution in [2.24, 2.45) is 4.99 Å². The molecule has 3 aromatic rings. The van der Waals surface area contributed by atoms with Crippen LogP contribution < -0.4 is 10.6 Å². The van der Waals surface area contributed by atoms with Gasteiger partial charge in [-0.1, -0.05) is 24.3 Å². The summed E-state index contributed by atoms with van der Waals surface area (Å²) >= 11 is 1.71. The van der Waals surface area contributed by atoms with Gasteiger partial charge in [-0.3, -0.25) is 4.98 Å². The maximum Gasteiger partial charge on any atom is 0.191 e. The smallest absolute Gasteiger partial charge is 0.191 e. The Hall–Kier alpha value is -1.74. The van der Waals surface area contributed by atoms with Gasteiger partial charge in [0, 0.05) is 29.5 Å². The number of halogens is 1. The summed E-state index contributed by atoms with van der Waals surface area (Å²) < 4.78 is 0. The van der Waals surface area contributed by atoms with Crippen LogP contribution in [0.1, 0.15) is 28.1 Å². The number of rotatable bonds is 6. The molecule has 0 aliphatic rings. The Morgan fingerprint density at radius 1 is 1.15 bits per heavy atom. The van der Waals surface area contributed by atoms with Crippen LogP contribution in [-0.4, -0.2) is 29.0 Å². The van der Waals surface area contributed by atoms with Crippen molar-refractivity contribution >= 4 is 52.2 Å². The molecule has 0 fully saturated rings. The van der Waals surface area contributed by atoms with Crippen molar-refractivity contribution < 1.29 is 0 Å². The van der Waals surface area contributed by atoms with Crippen molar-refractivity contribution in [3.05, 3.63) is 57.7 Å². The first kappa shape index (κ1) is 21.6. The Kier molecular flexibility index (Phi) is 8.43. The number of aliphatic imine (C=N–C) groups is 1. The number of aromatic nitrogens is 2. The molecule has 1 aromatic carbocycles. The third-order valence-corrected chi connectivity index (χ3v) is 5.25. The Balaban J connectivity index is 0.00000261. The molecule has 0 amide bonds. The summed E-state index contributed by atoms with van der Waals surface area (Å²) in [5.74, 6) is 0.825. The monoisotopic (exact) mass is 495 g/mol. The lowest BCUT2D eigenvalue weighted by atomic mass is 10.1. The lowest BCUT2D eigenvalue weighted by molar-refractivity contribution is 0.800. The third kappa shape index (κ3) is 5.87. The predicted octanol–water partition coefficient (Wildman–Crippen LogP) is 4.22. The van der Waals surface area contributed by atoms with E-state index in [1.807, 2.05) is 19.2 Å². The molecule has 3 rings (SSSR count). The second kappa shape index (κ2) is 10.6. The van der Waals surface area contributed by atoms with Gasteiger partial charge < -0.3 is 10.6 Å². The minimum atomic E-state index is 0. The van der Waals surface area contributed by atoms with Crippen molar-refractivity contribution in [2.75, 3.05) is 13.1 Å². The molecule has 5 nitrogen and oxygen atoms in total. The van der Waals surface area contributed by atoms with Crippen molar-refractivity contribution in [1.82, 2.24) is 20.6 Å². The van der Waals surface area contributed by atoms with Crippen molar-refractivity contribution in [3.63, 3.8) is 0 Å². The molecule has 0 radical (unpaired) electrons. The summed E-state index contributed by atoms with van der Waals surface area (Å²) in [5, 5.41) is 8.94. The van der Waals surface area contributed by atoms with Crippen molar-refractivity contribution in [2.45, 2.75) is 33.7 Å². The van der Waals surface area contributed by atoms with E-state index in [0.29, 0.717) is 6.54 Å². The first-order chi connectivity index (χ1) is 12.7. The molecular formula is C20H26IN5S. The van der Waals surface area contributed by atoms with E-state index < -0.39 is 0 Å². The van der Waals surface area contributed by atoms with Crippen molar-refractivity contribution in [3.8, 4) is 0 Å². The molecule has 0 aliphatic carbocycles. The average Bonchev–Trinajstić information content (AvgIpc) is 2.97. The number of fused-ring (bicyclic) bond motifs is 1. The quantitative estimate of drug-likeness (QED) is 0.306. The fraction of sp³-hybridized carbons (Fsp3) is 0.350. The Morgan fingerprint density at radius 2 is 1.96 bits per heavy atom. The highest BCUT2D eigenvalue weighted by Gasteiger charge is 2.05. The van der Waals surface area contributed by atoms with Gasteiger partial charge in [0.25, 0.3) is 0 Å². The molecule has 144 valence electrons. The van der Waals surface area contributed by atoms with E-state index in [0.717, 1.165) is 41.7 Å². The number of guanidine groups is 1. The van der Waals surface area contributed by atoms with Crippen LogP contribution in [0.25, 0.3) is 10.9 Å². The minimum Gasteiger partial charge on any atom is -0.357 e. The van der Waals surface area contributed by atoms with Crippen LogP contribution >= 0.6 is 35.3 Å². The van der Waals surface area contributed by atoms with Gasteiger partial charge in [-0.2, -0.15) is 0 Å². The van der Waals surface area contributed by atoms with Gasteiger partial charge in [-0.15, -0.1) is 35.3 Å². The van der Waals surface area contributed by atoms with E-state index in [9.17, 15) is 0 Å². The number of hydrogen-bond acceptors (Lipinski definition) is 4. The third-order valence-electron chi connectivity index (χ3n) is 4.19. The van der Waals surface area contributed by atoms with Crippen LogP contribution in [0.2, 0.25) is 0 Å². The normalized spacial score (nSPS) is 11.3. The highest BCUT2D eigenvalue weighted by Crippen LogP contribution is 2.17. The number of hydrogen-bond donors (Lipinski definition) is 2. The number of nitrogens with one attached hydrogen (secondary N) is 2. The fourth-order valence-electron chi connectivity index (χ4n) is 2.78. The number of para-hydroxylation sites is 1. The van der Waals surface area contributed by atoms with E-state index in [1.54, 1.807) is 11.3 Å². The second-order valence-corrected chi connectivity index (χ2v) is 7.40. The zero-order valence-corrected chi connectivity index (χ0v) is 19.1. The molecule has 2 N–H and O–H groups in total. The van der Waals surface area contributed by atoms with Crippen LogP contribution in [-0.2, 0) is 13.0 Å². The van der Waals surface area contributed by atoms with Crippen LogP contribution in [0.5, 0.6) is 0 Å². The number of aryl methyl sites for hydroxylation is 2. The molecule has 0 saturated heterocycles. The lowest BCUT2D eigenvalue weighted by Crippen LogP contribution is -2.38. The average molecular weight is 495 g/mol. The first-order valence-electron chi connectivity index (χ1n) is 8.95. The standard InChI is InChI=1S/C20H25N5S.HI/c1-4-21-20(24-13-18-25-14(2)15(3)26-18)23-12-10-17-8-5-7-16-9-6-11-22-19(16)17;/h5-9,11H,4,10,12-13H2,1-3H3,(H2,21,23,24);1H. The SMILES string of the molecule is CCNC(=NCc1nc(C)c(C)s1)NCCc1cccc2cccnc12.I. The Morgan fingerprint density at radius 3 is 2.70 bits per heavy atom. The van der Waals surface area contributed by atoms with Crippen molar-refractivity contribution in [1.29, 1.82) is 0 Å². The molecule has 0 aliphatic heterocycles. The molecule has 2 heterocycles. The van der Waals surface area contributed by atoms with E-state index in [2.05, 4.69) is 63.7 Å². The Bertz CT molecular complexity index is 882. The number of pyridine rings is 1. The second-order valence-electron chi connectivity index (χ2n) is 6.11. The number of nitrogens with zero attached hydrogens (tertiary/aromatic N) is 3. The van der Waals surface area contributed by atoms with Gasteiger partial charge in [0.05, 0.1) is 17.8 Å². The molecule has 0 unspecified atom stereocenters. The predicted molar refractivity (Wildman–Crippen MR) is 125 cm³/mol. The number of benzene rings is 1. The van der Waals surface area contributed by atoms with E-state index in [4.69, 9.17) is 0 Å². The minimum absolute atomic E-state index is 0. The highest BCUT2D eigenvalue weighted by molar-refractivity contribution is 14.0. The zero-order chi connectivity index (χ0) is 18.4. The van der Waals surface area contributed by atoms with Crippen LogP contribution in [0.4, 0.5) is 0 Å².